The van der Waals surface area contributed by atoms with Crippen LogP contribution in [0.3, 0.4) is 0 Å². The first-order chi connectivity index (χ1) is 5.16. The number of carbonyl (C=O) groups is 1. The minimum Gasteiger partial charge on any atom is -0.481 e. The Bertz CT molecular complexity index is 152. The number of aliphatic carboxylic acids is 1. The Balaban J connectivity index is 3.54. The van der Waals surface area contributed by atoms with Gasteiger partial charge in [0.05, 0.1) is 6.42 Å². The highest BCUT2D eigenvalue weighted by Crippen LogP contribution is 2.08. The summed E-state index contributed by atoms with van der Waals surface area (Å²) in [5, 5.41) is 8.35. The molecule has 0 unspecified atom stereocenters. The fraction of sp³-hybridized carbons (Fsp3) is 0.625. The average Bonchev–Trinajstić information content (AvgIpc) is 1.86. The molecule has 1 N–H and O–H groups in total. The van der Waals surface area contributed by atoms with E-state index in [1.807, 2.05) is 6.08 Å². The third kappa shape index (κ3) is 7.46. The van der Waals surface area contributed by atoms with Crippen LogP contribution in [0.2, 0.25) is 0 Å². The molecule has 0 atom stereocenters. The second-order valence-electron chi connectivity index (χ2n) is 2.41. The third-order valence-electron chi connectivity index (χ3n) is 1.27. The van der Waals surface area contributed by atoms with Crippen molar-refractivity contribution in [1.82, 2.24) is 0 Å². The largest absolute Gasteiger partial charge is 0.481 e. The predicted octanol–water partition coefficient (Wildman–Crippen LogP) is 2.46. The van der Waals surface area contributed by atoms with Gasteiger partial charge in [-0.25, -0.2) is 0 Å². The number of carboxylic acid groups (broad SMARTS) is 1. The highest BCUT2D eigenvalue weighted by atomic mass is 32.1. The maximum absolute atomic E-state index is 10.2. The highest BCUT2D eigenvalue weighted by Gasteiger charge is 1.97. The first kappa shape index (κ1) is 10.6. The van der Waals surface area contributed by atoms with Crippen LogP contribution in [-0.2, 0) is 4.79 Å². The van der Waals surface area contributed by atoms with Crippen LogP contribution in [-0.4, -0.2) is 11.1 Å². The molecule has 0 amide bonds. The Morgan fingerprint density at radius 1 is 1.64 bits per heavy atom. The van der Waals surface area contributed by atoms with Crippen LogP contribution in [0.4, 0.5) is 0 Å². The summed E-state index contributed by atoms with van der Waals surface area (Å²) in [6.07, 6.45) is 5.09. The zero-order chi connectivity index (χ0) is 8.69. The Hall–Kier alpha value is -0.440. The molecule has 0 saturated heterocycles. The van der Waals surface area contributed by atoms with Gasteiger partial charge in [-0.3, -0.25) is 4.79 Å². The zero-order valence-electron chi connectivity index (χ0n) is 6.71. The van der Waals surface area contributed by atoms with E-state index in [2.05, 4.69) is 19.6 Å². The summed E-state index contributed by atoms with van der Waals surface area (Å²) < 4.78 is 0. The summed E-state index contributed by atoms with van der Waals surface area (Å²) in [6, 6.07) is 0. The predicted molar refractivity (Wildman–Crippen MR) is 48.8 cm³/mol. The van der Waals surface area contributed by atoms with E-state index < -0.39 is 5.97 Å². The molecule has 0 aliphatic heterocycles. The summed E-state index contributed by atoms with van der Waals surface area (Å²) >= 11 is 4.02. The van der Waals surface area contributed by atoms with E-state index in [1.165, 1.54) is 0 Å². The molecule has 2 nitrogen and oxygen atoms in total. The Kier molecular flexibility index (Phi) is 6.03. The van der Waals surface area contributed by atoms with Gasteiger partial charge < -0.3 is 5.11 Å². The van der Waals surface area contributed by atoms with Gasteiger partial charge in [0, 0.05) is 0 Å². The van der Waals surface area contributed by atoms with Gasteiger partial charge in [0.15, 0.2) is 0 Å². The standard InChI is InChI=1S/C8H14O2S/c1-2-3-4-5-7(11)6-8(9)10/h5,11H,2-4,6H2,1H3,(H,9,10)/b7-5-. The molecule has 0 rings (SSSR count). The second-order valence-corrected chi connectivity index (χ2v) is 2.98. The van der Waals surface area contributed by atoms with Crippen molar-refractivity contribution in [2.75, 3.05) is 0 Å². The maximum atomic E-state index is 10.2. The smallest absolute Gasteiger partial charge is 0.308 e. The van der Waals surface area contributed by atoms with E-state index >= 15 is 0 Å². The lowest BCUT2D eigenvalue weighted by Crippen LogP contribution is -1.93. The van der Waals surface area contributed by atoms with Crippen molar-refractivity contribution in [3.05, 3.63) is 11.0 Å². The van der Waals surface area contributed by atoms with E-state index in [-0.39, 0.29) is 6.42 Å². The van der Waals surface area contributed by atoms with Crippen LogP contribution in [0.15, 0.2) is 11.0 Å². The van der Waals surface area contributed by atoms with Crippen molar-refractivity contribution < 1.29 is 9.90 Å². The van der Waals surface area contributed by atoms with E-state index in [4.69, 9.17) is 5.11 Å². The number of hydrogen-bond donors (Lipinski definition) is 2. The molecule has 0 aromatic heterocycles. The third-order valence-corrected chi connectivity index (χ3v) is 1.61. The van der Waals surface area contributed by atoms with Crippen molar-refractivity contribution >= 4 is 18.6 Å². The lowest BCUT2D eigenvalue weighted by Gasteiger charge is -1.94. The van der Waals surface area contributed by atoms with Gasteiger partial charge in [-0.1, -0.05) is 25.8 Å². The van der Waals surface area contributed by atoms with Crippen LogP contribution in [0.1, 0.15) is 32.6 Å². The monoisotopic (exact) mass is 174 g/mol. The molecule has 0 fully saturated rings. The number of allylic oxidation sites excluding steroid dienone is 1. The molecule has 64 valence electrons. The summed E-state index contributed by atoms with van der Waals surface area (Å²) in [7, 11) is 0. The topological polar surface area (TPSA) is 37.3 Å². The molecule has 0 saturated carbocycles. The Morgan fingerprint density at radius 2 is 2.27 bits per heavy atom. The number of unbranched alkanes of at least 4 members (excludes halogenated alkanes) is 2. The molecular formula is C8H14O2S. The Labute approximate surface area is 72.7 Å². The zero-order valence-corrected chi connectivity index (χ0v) is 7.60. The molecule has 0 aliphatic rings. The van der Waals surface area contributed by atoms with E-state index in [1.54, 1.807) is 0 Å². The van der Waals surface area contributed by atoms with E-state index in [9.17, 15) is 4.79 Å². The van der Waals surface area contributed by atoms with Crippen LogP contribution >= 0.6 is 12.6 Å². The lowest BCUT2D eigenvalue weighted by atomic mass is 10.2. The number of rotatable bonds is 5. The molecule has 0 aromatic rings. The van der Waals surface area contributed by atoms with Crippen molar-refractivity contribution in [1.29, 1.82) is 0 Å². The summed E-state index contributed by atoms with van der Waals surface area (Å²) in [4.78, 5) is 10.8. The van der Waals surface area contributed by atoms with Gasteiger partial charge in [0.1, 0.15) is 0 Å². The maximum Gasteiger partial charge on any atom is 0.308 e. The SMILES string of the molecule is CCCC/C=C(\S)CC(=O)O. The number of carboxylic acids is 1. The molecule has 0 spiro atoms. The molecule has 0 aromatic carbocycles. The van der Waals surface area contributed by atoms with Gasteiger partial charge in [-0.2, -0.15) is 0 Å². The van der Waals surface area contributed by atoms with Crippen LogP contribution in [0.25, 0.3) is 0 Å². The van der Waals surface area contributed by atoms with Gasteiger partial charge in [0.2, 0.25) is 0 Å². The first-order valence-electron chi connectivity index (χ1n) is 3.76. The van der Waals surface area contributed by atoms with Gasteiger partial charge in [0.25, 0.3) is 0 Å². The minimum absolute atomic E-state index is 0.0484. The lowest BCUT2D eigenvalue weighted by molar-refractivity contribution is -0.136. The second kappa shape index (κ2) is 6.28. The summed E-state index contributed by atoms with van der Waals surface area (Å²) in [6.45, 7) is 2.10. The summed E-state index contributed by atoms with van der Waals surface area (Å²) in [5.74, 6) is -0.817. The molecule has 0 heterocycles. The van der Waals surface area contributed by atoms with Crippen LogP contribution in [0, 0.1) is 0 Å². The minimum atomic E-state index is -0.817. The molecular weight excluding hydrogens is 160 g/mol. The molecule has 0 bridgehead atoms. The van der Waals surface area contributed by atoms with Crippen LogP contribution in [0.5, 0.6) is 0 Å². The quantitative estimate of drug-likeness (QED) is 0.496. The van der Waals surface area contributed by atoms with Crippen molar-refractivity contribution in [3.8, 4) is 0 Å². The fourth-order valence-electron chi connectivity index (χ4n) is 0.700. The van der Waals surface area contributed by atoms with E-state index in [0.29, 0.717) is 4.91 Å². The molecule has 3 heteroatoms. The van der Waals surface area contributed by atoms with Crippen molar-refractivity contribution in [2.45, 2.75) is 32.6 Å². The van der Waals surface area contributed by atoms with Crippen molar-refractivity contribution in [2.24, 2.45) is 0 Å². The first-order valence-corrected chi connectivity index (χ1v) is 4.21. The fourth-order valence-corrected chi connectivity index (χ4v) is 0.964. The van der Waals surface area contributed by atoms with Crippen LogP contribution < -0.4 is 0 Å². The molecule has 0 radical (unpaired) electrons. The average molecular weight is 174 g/mol. The Morgan fingerprint density at radius 3 is 2.73 bits per heavy atom. The van der Waals surface area contributed by atoms with E-state index in [0.717, 1.165) is 19.3 Å². The molecule has 0 aliphatic carbocycles. The molecule has 11 heavy (non-hydrogen) atoms. The number of hydrogen-bond acceptors (Lipinski definition) is 2. The summed E-state index contributed by atoms with van der Waals surface area (Å²) in [5.41, 5.74) is 0. The van der Waals surface area contributed by atoms with Crippen molar-refractivity contribution in [3.63, 3.8) is 0 Å². The van der Waals surface area contributed by atoms with Gasteiger partial charge in [-0.05, 0) is 11.3 Å². The van der Waals surface area contributed by atoms with Gasteiger partial charge >= 0.3 is 5.97 Å². The number of thiol groups is 1. The highest BCUT2D eigenvalue weighted by molar-refractivity contribution is 7.84. The normalized spacial score (nSPS) is 11.6. The van der Waals surface area contributed by atoms with Gasteiger partial charge in [-0.15, -0.1) is 12.6 Å².